The summed E-state index contributed by atoms with van der Waals surface area (Å²) in [5, 5.41) is 0. The first-order valence-corrected chi connectivity index (χ1v) is 3.94. The average Bonchev–Trinajstić information content (AvgIpc) is 1.94. The van der Waals surface area contributed by atoms with Gasteiger partial charge < -0.3 is 4.90 Å². The van der Waals surface area contributed by atoms with Crippen molar-refractivity contribution in [1.29, 1.82) is 0 Å². The van der Waals surface area contributed by atoms with Crippen molar-refractivity contribution in [3.63, 3.8) is 0 Å². The average molecular weight is 155 g/mol. The van der Waals surface area contributed by atoms with Gasteiger partial charge in [-0.25, -0.2) is 0 Å². The van der Waals surface area contributed by atoms with Gasteiger partial charge in [-0.15, -0.1) is 0 Å². The number of carbonyl (C=O) groups is 2. The van der Waals surface area contributed by atoms with E-state index < -0.39 is 5.91 Å². The molecule has 1 saturated carbocycles. The number of hydrogen-bond donors (Lipinski definition) is 0. The lowest BCUT2D eigenvalue weighted by Gasteiger charge is -2.29. The van der Waals surface area contributed by atoms with E-state index in [1.807, 2.05) is 0 Å². The molecule has 1 fully saturated rings. The molecule has 3 heteroatoms. The smallest absolute Gasteiger partial charge is 0.286 e. The van der Waals surface area contributed by atoms with Gasteiger partial charge >= 0.3 is 0 Å². The molecule has 0 unspecified atom stereocenters. The molecule has 3 nitrogen and oxygen atoms in total. The largest absolute Gasteiger partial charge is 0.339 e. The van der Waals surface area contributed by atoms with Gasteiger partial charge in [0.25, 0.3) is 5.91 Å². The van der Waals surface area contributed by atoms with Gasteiger partial charge in [0.15, 0.2) is 0 Å². The molecule has 0 N–H and O–H groups in total. The van der Waals surface area contributed by atoms with Crippen molar-refractivity contribution < 1.29 is 9.59 Å². The molecule has 62 valence electrons. The lowest BCUT2D eigenvalue weighted by atomic mass is 9.85. The molecule has 1 aliphatic carbocycles. The van der Waals surface area contributed by atoms with Crippen LogP contribution in [0.15, 0.2) is 0 Å². The van der Waals surface area contributed by atoms with Crippen molar-refractivity contribution in [2.24, 2.45) is 5.92 Å². The Hall–Kier alpha value is -0.860. The minimum Gasteiger partial charge on any atom is -0.339 e. The van der Waals surface area contributed by atoms with Crippen LogP contribution in [0.2, 0.25) is 0 Å². The highest BCUT2D eigenvalue weighted by molar-refractivity contribution is 6.23. The van der Waals surface area contributed by atoms with Crippen LogP contribution in [0.25, 0.3) is 0 Å². The summed E-state index contributed by atoms with van der Waals surface area (Å²) in [4.78, 5) is 22.3. The number of rotatable bonds is 3. The summed E-state index contributed by atoms with van der Waals surface area (Å²) in [6.07, 6.45) is 4.05. The molecule has 0 radical (unpaired) electrons. The van der Waals surface area contributed by atoms with Crippen molar-refractivity contribution in [2.45, 2.75) is 19.3 Å². The standard InChI is InChI=1S/C8H13NO2/c1-9(8(11)6-10)5-7-3-2-4-7/h6-7H,2-5H2,1H3. The monoisotopic (exact) mass is 155 g/mol. The predicted octanol–water partition coefficient (Wildman–Crippen LogP) is 0.444. The van der Waals surface area contributed by atoms with E-state index in [2.05, 4.69) is 0 Å². The molecule has 0 atom stereocenters. The summed E-state index contributed by atoms with van der Waals surface area (Å²) >= 11 is 0. The first kappa shape index (κ1) is 8.24. The number of likely N-dealkylation sites (N-methyl/N-ethyl adjacent to an activating group) is 1. The highest BCUT2D eigenvalue weighted by Gasteiger charge is 2.20. The molecule has 0 aromatic rings. The maximum atomic E-state index is 10.7. The molecule has 0 saturated heterocycles. The Balaban J connectivity index is 2.23. The van der Waals surface area contributed by atoms with E-state index >= 15 is 0 Å². The van der Waals surface area contributed by atoms with Crippen LogP contribution < -0.4 is 0 Å². The van der Waals surface area contributed by atoms with Crippen LogP contribution in [0.3, 0.4) is 0 Å². The third-order valence-electron chi connectivity index (χ3n) is 2.23. The van der Waals surface area contributed by atoms with Crippen LogP contribution in [0.5, 0.6) is 0 Å². The highest BCUT2D eigenvalue weighted by Crippen LogP contribution is 2.26. The maximum absolute atomic E-state index is 10.7. The SMILES string of the molecule is CN(CC1CCC1)C(=O)C=O. The summed E-state index contributed by atoms with van der Waals surface area (Å²) in [5.74, 6) is 0.237. The van der Waals surface area contributed by atoms with E-state index in [0.717, 1.165) is 6.54 Å². The first-order valence-electron chi connectivity index (χ1n) is 3.94. The van der Waals surface area contributed by atoms with Crippen LogP contribution in [0, 0.1) is 5.92 Å². The summed E-state index contributed by atoms with van der Waals surface area (Å²) in [6.45, 7) is 0.748. The molecule has 0 aromatic heterocycles. The number of aldehydes is 1. The molecule has 11 heavy (non-hydrogen) atoms. The molecule has 1 rings (SSSR count). The van der Waals surface area contributed by atoms with Crippen molar-refractivity contribution in [3.8, 4) is 0 Å². The van der Waals surface area contributed by atoms with Crippen LogP contribution in [0.1, 0.15) is 19.3 Å². The summed E-state index contributed by atoms with van der Waals surface area (Å²) in [6, 6.07) is 0. The van der Waals surface area contributed by atoms with Gasteiger partial charge in [0.05, 0.1) is 0 Å². The van der Waals surface area contributed by atoms with E-state index in [0.29, 0.717) is 12.2 Å². The van der Waals surface area contributed by atoms with Crippen molar-refractivity contribution in [2.75, 3.05) is 13.6 Å². The van der Waals surface area contributed by atoms with Gasteiger partial charge in [-0.1, -0.05) is 6.42 Å². The zero-order valence-electron chi connectivity index (χ0n) is 6.75. The first-order chi connectivity index (χ1) is 5.24. The van der Waals surface area contributed by atoms with Crippen molar-refractivity contribution in [1.82, 2.24) is 4.90 Å². The second-order valence-corrected chi connectivity index (χ2v) is 3.13. The molecular formula is C8H13NO2. The predicted molar refractivity (Wildman–Crippen MR) is 41.0 cm³/mol. The van der Waals surface area contributed by atoms with Gasteiger partial charge in [-0.05, 0) is 18.8 Å². The summed E-state index contributed by atoms with van der Waals surface area (Å²) in [5.41, 5.74) is 0. The fraction of sp³-hybridized carbons (Fsp3) is 0.750. The number of nitrogens with zero attached hydrogens (tertiary/aromatic N) is 1. The Morgan fingerprint density at radius 3 is 2.64 bits per heavy atom. The molecule has 1 amide bonds. The molecule has 0 heterocycles. The zero-order chi connectivity index (χ0) is 8.27. The third-order valence-corrected chi connectivity index (χ3v) is 2.23. The molecular weight excluding hydrogens is 142 g/mol. The Morgan fingerprint density at radius 2 is 2.27 bits per heavy atom. The third kappa shape index (κ3) is 2.03. The molecule has 0 bridgehead atoms. The fourth-order valence-corrected chi connectivity index (χ4v) is 1.24. The summed E-state index contributed by atoms with van der Waals surface area (Å²) < 4.78 is 0. The van der Waals surface area contributed by atoms with E-state index in [4.69, 9.17) is 0 Å². The minimum absolute atomic E-state index is 0.374. The van der Waals surface area contributed by atoms with Gasteiger partial charge in [-0.2, -0.15) is 0 Å². The topological polar surface area (TPSA) is 37.4 Å². The van der Waals surface area contributed by atoms with Crippen molar-refractivity contribution in [3.05, 3.63) is 0 Å². The lowest BCUT2D eigenvalue weighted by Crippen LogP contribution is -2.34. The maximum Gasteiger partial charge on any atom is 0.286 e. The molecule has 0 spiro atoms. The van der Waals surface area contributed by atoms with Crippen LogP contribution >= 0.6 is 0 Å². The fourth-order valence-electron chi connectivity index (χ4n) is 1.24. The van der Waals surface area contributed by atoms with E-state index in [1.165, 1.54) is 24.2 Å². The minimum atomic E-state index is -0.406. The van der Waals surface area contributed by atoms with Crippen LogP contribution in [-0.4, -0.2) is 30.7 Å². The number of hydrogen-bond acceptors (Lipinski definition) is 2. The normalized spacial score (nSPS) is 17.2. The van der Waals surface area contributed by atoms with Crippen molar-refractivity contribution >= 4 is 12.2 Å². The summed E-state index contributed by atoms with van der Waals surface area (Å²) in [7, 11) is 1.68. The second kappa shape index (κ2) is 3.51. The second-order valence-electron chi connectivity index (χ2n) is 3.13. The Labute approximate surface area is 66.4 Å². The molecule has 0 aromatic carbocycles. The molecule has 0 aliphatic heterocycles. The van der Waals surface area contributed by atoms with Gasteiger partial charge in [-0.3, -0.25) is 9.59 Å². The Bertz CT molecular complexity index is 163. The molecule has 1 aliphatic rings. The Morgan fingerprint density at radius 1 is 1.64 bits per heavy atom. The number of carbonyl (C=O) groups excluding carboxylic acids is 2. The van der Waals surface area contributed by atoms with Crippen LogP contribution in [0.4, 0.5) is 0 Å². The lowest BCUT2D eigenvalue weighted by molar-refractivity contribution is -0.138. The van der Waals surface area contributed by atoms with Gasteiger partial charge in [0.1, 0.15) is 0 Å². The van der Waals surface area contributed by atoms with Gasteiger partial charge in [0, 0.05) is 13.6 Å². The van der Waals surface area contributed by atoms with E-state index in [-0.39, 0.29) is 0 Å². The van der Waals surface area contributed by atoms with Gasteiger partial charge in [0.2, 0.25) is 6.29 Å². The van der Waals surface area contributed by atoms with E-state index in [9.17, 15) is 9.59 Å². The number of amides is 1. The highest BCUT2D eigenvalue weighted by atomic mass is 16.2. The zero-order valence-corrected chi connectivity index (χ0v) is 6.75. The van der Waals surface area contributed by atoms with E-state index in [1.54, 1.807) is 7.05 Å². The van der Waals surface area contributed by atoms with Crippen LogP contribution in [-0.2, 0) is 9.59 Å². The Kier molecular flexibility index (Phi) is 2.63. The quantitative estimate of drug-likeness (QED) is 0.438.